The fraction of sp³-hybridized carbons (Fsp3) is 0.500. The van der Waals surface area contributed by atoms with E-state index in [4.69, 9.17) is 11.6 Å². The van der Waals surface area contributed by atoms with Gasteiger partial charge in [0, 0.05) is 24.7 Å². The predicted octanol–water partition coefficient (Wildman–Crippen LogP) is 1.41. The molecule has 0 saturated carbocycles. The Morgan fingerprint density at radius 2 is 2.16 bits per heavy atom. The fourth-order valence-corrected chi connectivity index (χ4v) is 2.40. The van der Waals surface area contributed by atoms with Crippen LogP contribution in [0.5, 0.6) is 0 Å². The largest absolute Gasteiger partial charge is 0.393 e. The number of carbonyl (C=O) groups is 1. The molecule has 1 saturated heterocycles. The zero-order valence-corrected chi connectivity index (χ0v) is 11.6. The molecule has 1 amide bonds. The van der Waals surface area contributed by atoms with Gasteiger partial charge in [-0.2, -0.15) is 0 Å². The van der Waals surface area contributed by atoms with Crippen molar-refractivity contribution in [3.63, 3.8) is 0 Å². The van der Waals surface area contributed by atoms with Gasteiger partial charge in [-0.25, -0.2) is 0 Å². The van der Waals surface area contributed by atoms with Crippen LogP contribution in [-0.2, 0) is 11.3 Å². The van der Waals surface area contributed by atoms with Gasteiger partial charge in [0.2, 0.25) is 5.91 Å². The monoisotopic (exact) mass is 282 g/mol. The quantitative estimate of drug-likeness (QED) is 0.878. The summed E-state index contributed by atoms with van der Waals surface area (Å²) in [5.74, 6) is 0.0105. The Morgan fingerprint density at radius 1 is 1.42 bits per heavy atom. The topological polar surface area (TPSA) is 52.6 Å². The summed E-state index contributed by atoms with van der Waals surface area (Å²) in [5, 5.41) is 13.0. The van der Waals surface area contributed by atoms with Gasteiger partial charge in [0.1, 0.15) is 0 Å². The molecule has 19 heavy (non-hydrogen) atoms. The van der Waals surface area contributed by atoms with Gasteiger partial charge < -0.3 is 10.4 Å². The lowest BCUT2D eigenvalue weighted by atomic mass is 10.1. The molecular formula is C14H19ClN2O2. The van der Waals surface area contributed by atoms with E-state index in [0.717, 1.165) is 31.5 Å². The van der Waals surface area contributed by atoms with E-state index in [1.807, 2.05) is 24.3 Å². The zero-order chi connectivity index (χ0) is 13.7. The Hall–Kier alpha value is -1.10. The van der Waals surface area contributed by atoms with Crippen LogP contribution in [-0.4, -0.2) is 41.7 Å². The van der Waals surface area contributed by atoms with Crippen molar-refractivity contribution in [3.05, 3.63) is 34.9 Å². The Morgan fingerprint density at radius 3 is 2.84 bits per heavy atom. The number of piperidine rings is 1. The van der Waals surface area contributed by atoms with Gasteiger partial charge in [-0.05, 0) is 30.5 Å². The summed E-state index contributed by atoms with van der Waals surface area (Å²) < 4.78 is 0. The van der Waals surface area contributed by atoms with E-state index >= 15 is 0 Å². The number of rotatable bonds is 4. The number of hydrogen-bond donors (Lipinski definition) is 2. The molecule has 1 aliphatic heterocycles. The second kappa shape index (κ2) is 6.89. The third-order valence-electron chi connectivity index (χ3n) is 3.30. The normalized spacial score (nSPS) is 17.4. The van der Waals surface area contributed by atoms with Gasteiger partial charge in [0.15, 0.2) is 0 Å². The van der Waals surface area contributed by atoms with Gasteiger partial charge >= 0.3 is 0 Å². The Kier molecular flexibility index (Phi) is 5.19. The summed E-state index contributed by atoms with van der Waals surface area (Å²) in [6.45, 7) is 2.46. The molecule has 1 aromatic rings. The average molecular weight is 283 g/mol. The lowest BCUT2D eigenvalue weighted by Crippen LogP contribution is -2.42. The van der Waals surface area contributed by atoms with Crippen LogP contribution in [0.4, 0.5) is 0 Å². The van der Waals surface area contributed by atoms with Crippen LogP contribution in [0.1, 0.15) is 18.4 Å². The zero-order valence-electron chi connectivity index (χ0n) is 10.8. The highest BCUT2D eigenvalue weighted by Crippen LogP contribution is 2.11. The molecule has 0 unspecified atom stereocenters. The molecule has 0 atom stereocenters. The third kappa shape index (κ3) is 4.82. The van der Waals surface area contributed by atoms with Crippen LogP contribution in [0.25, 0.3) is 0 Å². The molecule has 104 valence electrons. The van der Waals surface area contributed by atoms with Gasteiger partial charge in [0.05, 0.1) is 12.6 Å². The van der Waals surface area contributed by atoms with Crippen molar-refractivity contribution < 1.29 is 9.90 Å². The molecule has 2 N–H and O–H groups in total. The molecule has 4 nitrogen and oxygen atoms in total. The van der Waals surface area contributed by atoms with Crippen molar-refractivity contribution >= 4 is 17.5 Å². The van der Waals surface area contributed by atoms with E-state index in [-0.39, 0.29) is 12.0 Å². The second-order valence-electron chi connectivity index (χ2n) is 4.91. The van der Waals surface area contributed by atoms with E-state index in [0.29, 0.717) is 18.1 Å². The molecule has 5 heteroatoms. The molecule has 0 radical (unpaired) electrons. The number of benzene rings is 1. The smallest absolute Gasteiger partial charge is 0.234 e. The Labute approximate surface area is 118 Å². The molecule has 0 aliphatic carbocycles. The van der Waals surface area contributed by atoms with Gasteiger partial charge in [0.25, 0.3) is 0 Å². The van der Waals surface area contributed by atoms with E-state index in [1.54, 1.807) is 0 Å². The highest BCUT2D eigenvalue weighted by molar-refractivity contribution is 6.30. The first-order valence-electron chi connectivity index (χ1n) is 6.55. The van der Waals surface area contributed by atoms with Crippen LogP contribution in [0.2, 0.25) is 5.02 Å². The molecule has 0 bridgehead atoms. The first kappa shape index (κ1) is 14.3. The SMILES string of the molecule is O=C(CN1CCC(O)CC1)NCc1cccc(Cl)c1. The van der Waals surface area contributed by atoms with Crippen molar-refractivity contribution in [2.45, 2.75) is 25.5 Å². The van der Waals surface area contributed by atoms with Crippen LogP contribution in [0.15, 0.2) is 24.3 Å². The number of nitrogens with zero attached hydrogens (tertiary/aromatic N) is 1. The number of halogens is 1. The standard InChI is InChI=1S/C14H19ClN2O2/c15-12-3-1-2-11(8-12)9-16-14(19)10-17-6-4-13(18)5-7-17/h1-3,8,13,18H,4-7,9-10H2,(H,16,19). The van der Waals surface area contributed by atoms with E-state index < -0.39 is 0 Å². The van der Waals surface area contributed by atoms with Gasteiger partial charge in [-0.15, -0.1) is 0 Å². The predicted molar refractivity (Wildman–Crippen MR) is 75.0 cm³/mol. The number of nitrogens with one attached hydrogen (secondary N) is 1. The molecule has 1 heterocycles. The number of amides is 1. The number of aliphatic hydroxyl groups is 1. The molecule has 1 aromatic carbocycles. The van der Waals surface area contributed by atoms with Crippen LogP contribution in [0, 0.1) is 0 Å². The first-order valence-corrected chi connectivity index (χ1v) is 6.93. The van der Waals surface area contributed by atoms with Crippen molar-refractivity contribution in [2.24, 2.45) is 0 Å². The van der Waals surface area contributed by atoms with Crippen molar-refractivity contribution in [2.75, 3.05) is 19.6 Å². The highest BCUT2D eigenvalue weighted by atomic mass is 35.5. The van der Waals surface area contributed by atoms with Crippen molar-refractivity contribution in [1.29, 1.82) is 0 Å². The molecular weight excluding hydrogens is 264 g/mol. The maximum Gasteiger partial charge on any atom is 0.234 e. The summed E-state index contributed by atoms with van der Waals surface area (Å²) >= 11 is 5.88. The number of carbonyl (C=O) groups excluding carboxylic acids is 1. The minimum absolute atomic E-state index is 0.0105. The van der Waals surface area contributed by atoms with Gasteiger partial charge in [-0.3, -0.25) is 9.69 Å². The molecule has 0 aromatic heterocycles. The summed E-state index contributed by atoms with van der Waals surface area (Å²) in [4.78, 5) is 13.9. The summed E-state index contributed by atoms with van der Waals surface area (Å²) in [5.41, 5.74) is 0.995. The van der Waals surface area contributed by atoms with Crippen LogP contribution in [0.3, 0.4) is 0 Å². The van der Waals surface area contributed by atoms with Crippen molar-refractivity contribution in [3.8, 4) is 0 Å². The molecule has 2 rings (SSSR count). The van der Waals surface area contributed by atoms with Gasteiger partial charge in [-0.1, -0.05) is 23.7 Å². The van der Waals surface area contributed by atoms with Crippen LogP contribution >= 0.6 is 11.6 Å². The molecule has 1 aliphatic rings. The first-order chi connectivity index (χ1) is 9.13. The van der Waals surface area contributed by atoms with E-state index in [9.17, 15) is 9.90 Å². The lowest BCUT2D eigenvalue weighted by molar-refractivity contribution is -0.122. The lowest BCUT2D eigenvalue weighted by Gasteiger charge is -2.28. The maximum atomic E-state index is 11.8. The van der Waals surface area contributed by atoms with Crippen LogP contribution < -0.4 is 5.32 Å². The summed E-state index contributed by atoms with van der Waals surface area (Å²) in [7, 11) is 0. The molecule has 0 spiro atoms. The third-order valence-corrected chi connectivity index (χ3v) is 3.54. The second-order valence-corrected chi connectivity index (χ2v) is 5.35. The number of likely N-dealkylation sites (tertiary alicyclic amines) is 1. The van der Waals surface area contributed by atoms with E-state index in [1.165, 1.54) is 0 Å². The minimum atomic E-state index is -0.203. The minimum Gasteiger partial charge on any atom is -0.393 e. The number of aliphatic hydroxyl groups excluding tert-OH is 1. The molecule has 1 fully saturated rings. The maximum absolute atomic E-state index is 11.8. The summed E-state index contributed by atoms with van der Waals surface area (Å²) in [6.07, 6.45) is 1.30. The summed E-state index contributed by atoms with van der Waals surface area (Å²) in [6, 6.07) is 7.46. The fourth-order valence-electron chi connectivity index (χ4n) is 2.18. The van der Waals surface area contributed by atoms with Crippen molar-refractivity contribution in [1.82, 2.24) is 10.2 Å². The Bertz CT molecular complexity index is 431. The Balaban J connectivity index is 1.73. The average Bonchev–Trinajstić information content (AvgIpc) is 2.39. The van der Waals surface area contributed by atoms with E-state index in [2.05, 4.69) is 10.2 Å². The number of hydrogen-bond acceptors (Lipinski definition) is 3. The highest BCUT2D eigenvalue weighted by Gasteiger charge is 2.18.